The van der Waals surface area contributed by atoms with Gasteiger partial charge in [-0.05, 0) is 42.3 Å². The summed E-state index contributed by atoms with van der Waals surface area (Å²) in [5.74, 6) is 2.48. The predicted molar refractivity (Wildman–Crippen MR) is 140 cm³/mol. The number of hydrogen-bond acceptors (Lipinski definition) is 6. The fourth-order valence-corrected chi connectivity index (χ4v) is 4.58. The molecule has 180 valence electrons. The number of benzene rings is 3. The van der Waals surface area contributed by atoms with E-state index in [1.165, 1.54) is 17.3 Å². The molecule has 5 rings (SSSR count). The van der Waals surface area contributed by atoms with Gasteiger partial charge in [-0.1, -0.05) is 84.1 Å². The lowest BCUT2D eigenvalue weighted by Crippen LogP contribution is -2.10. The minimum absolute atomic E-state index is 0.0321. The Kier molecular flexibility index (Phi) is 7.28. The highest BCUT2D eigenvalue weighted by Crippen LogP contribution is 2.23. The third-order valence-corrected chi connectivity index (χ3v) is 6.69. The zero-order valence-electron chi connectivity index (χ0n) is 19.8. The first-order valence-electron chi connectivity index (χ1n) is 11.6. The summed E-state index contributed by atoms with van der Waals surface area (Å²) in [5.41, 5.74) is 4.04. The highest BCUT2D eigenvalue weighted by molar-refractivity contribution is 7.99. The van der Waals surface area contributed by atoms with E-state index in [-0.39, 0.29) is 18.1 Å². The van der Waals surface area contributed by atoms with E-state index in [9.17, 15) is 4.79 Å². The van der Waals surface area contributed by atoms with Crippen LogP contribution in [0, 0.1) is 6.92 Å². The maximum Gasteiger partial charge on any atom is 0.192 e. The number of hydrogen-bond donors (Lipinski definition) is 0. The lowest BCUT2D eigenvalue weighted by molar-refractivity contribution is 0.102. The molecular formula is C29H25N3O3S. The molecule has 0 aliphatic rings. The van der Waals surface area contributed by atoms with E-state index in [2.05, 4.69) is 22.3 Å². The number of aromatic nitrogens is 3. The summed E-state index contributed by atoms with van der Waals surface area (Å²) in [6.07, 6.45) is 1.64. The van der Waals surface area contributed by atoms with E-state index in [0.29, 0.717) is 23.1 Å². The maximum atomic E-state index is 12.9. The number of Topliss-reactive ketones (excluding diaryl/α,β-unsaturated/α-hetero) is 1. The van der Waals surface area contributed by atoms with Crippen LogP contribution >= 0.6 is 11.8 Å². The first kappa shape index (κ1) is 23.6. The van der Waals surface area contributed by atoms with Gasteiger partial charge in [-0.3, -0.25) is 9.36 Å². The Morgan fingerprint density at radius 2 is 1.64 bits per heavy atom. The van der Waals surface area contributed by atoms with Crippen LogP contribution in [0.4, 0.5) is 0 Å². The predicted octanol–water partition coefficient (Wildman–Crippen LogP) is 6.45. The van der Waals surface area contributed by atoms with Crippen LogP contribution in [-0.4, -0.2) is 26.3 Å². The maximum absolute atomic E-state index is 12.9. The van der Waals surface area contributed by atoms with Gasteiger partial charge in [0.05, 0.1) is 18.6 Å². The Hall–Kier alpha value is -4.10. The highest BCUT2D eigenvalue weighted by Gasteiger charge is 2.17. The fourth-order valence-electron chi connectivity index (χ4n) is 3.72. The molecule has 0 N–H and O–H groups in total. The number of thioether (sulfide) groups is 1. The van der Waals surface area contributed by atoms with Crippen LogP contribution in [-0.2, 0) is 13.2 Å². The summed E-state index contributed by atoms with van der Waals surface area (Å²) in [6, 6.07) is 29.4. The van der Waals surface area contributed by atoms with Crippen molar-refractivity contribution in [1.82, 2.24) is 14.8 Å². The van der Waals surface area contributed by atoms with Gasteiger partial charge in [0, 0.05) is 5.56 Å². The molecule has 36 heavy (non-hydrogen) atoms. The molecule has 0 bridgehead atoms. The van der Waals surface area contributed by atoms with Crippen molar-refractivity contribution in [2.45, 2.75) is 25.2 Å². The number of furan rings is 1. The Balaban J connectivity index is 1.28. The third-order valence-electron chi connectivity index (χ3n) is 5.72. The number of nitrogens with zero attached hydrogens (tertiary/aromatic N) is 3. The van der Waals surface area contributed by atoms with Gasteiger partial charge < -0.3 is 9.15 Å². The first-order chi connectivity index (χ1) is 17.7. The van der Waals surface area contributed by atoms with Crippen molar-refractivity contribution >= 4 is 17.5 Å². The summed E-state index contributed by atoms with van der Waals surface area (Å²) >= 11 is 1.36. The molecule has 0 fully saturated rings. The first-order valence-corrected chi connectivity index (χ1v) is 12.6. The van der Waals surface area contributed by atoms with Crippen LogP contribution in [0.1, 0.15) is 27.5 Å². The Morgan fingerprint density at radius 1 is 0.889 bits per heavy atom. The molecule has 7 heteroatoms. The van der Waals surface area contributed by atoms with Crippen LogP contribution in [0.2, 0.25) is 0 Å². The van der Waals surface area contributed by atoms with Crippen LogP contribution in [0.5, 0.6) is 5.75 Å². The molecule has 0 aliphatic heterocycles. The molecule has 6 nitrogen and oxygen atoms in total. The van der Waals surface area contributed by atoms with Crippen molar-refractivity contribution < 1.29 is 13.9 Å². The van der Waals surface area contributed by atoms with E-state index in [4.69, 9.17) is 9.15 Å². The number of ketones is 1. The largest absolute Gasteiger partial charge is 0.486 e. The topological polar surface area (TPSA) is 70.2 Å². The van der Waals surface area contributed by atoms with Gasteiger partial charge in [0.2, 0.25) is 0 Å². The molecule has 0 atom stereocenters. The van der Waals surface area contributed by atoms with E-state index in [1.54, 1.807) is 6.26 Å². The summed E-state index contributed by atoms with van der Waals surface area (Å²) in [5, 5.41) is 9.33. The monoisotopic (exact) mass is 495 g/mol. The minimum Gasteiger partial charge on any atom is -0.486 e. The Morgan fingerprint density at radius 3 is 2.36 bits per heavy atom. The molecule has 2 aromatic heterocycles. The van der Waals surface area contributed by atoms with E-state index in [1.807, 2.05) is 90.4 Å². The minimum atomic E-state index is 0.0321. The summed E-state index contributed by atoms with van der Waals surface area (Å²) in [7, 11) is 0. The van der Waals surface area contributed by atoms with Gasteiger partial charge >= 0.3 is 0 Å². The number of ether oxygens (including phenoxy) is 1. The number of carbonyl (C=O) groups excluding carboxylic acids is 1. The zero-order valence-corrected chi connectivity index (χ0v) is 20.7. The van der Waals surface area contributed by atoms with E-state index >= 15 is 0 Å². The van der Waals surface area contributed by atoms with Crippen molar-refractivity contribution in [1.29, 1.82) is 0 Å². The Bertz CT molecular complexity index is 1410. The molecule has 0 amide bonds. The smallest absolute Gasteiger partial charge is 0.192 e. The lowest BCUT2D eigenvalue weighted by Gasteiger charge is -2.10. The SMILES string of the molecule is Cc1ccc(OCc2nnc(SCC(=O)c3ccc(-c4ccccc4)cc3)n2Cc2ccco2)cc1. The van der Waals surface area contributed by atoms with Crippen LogP contribution in [0.25, 0.3) is 11.1 Å². The van der Waals surface area contributed by atoms with Gasteiger partial charge in [-0.2, -0.15) is 0 Å². The van der Waals surface area contributed by atoms with Gasteiger partial charge in [-0.25, -0.2) is 0 Å². The molecule has 0 saturated heterocycles. The lowest BCUT2D eigenvalue weighted by atomic mass is 10.0. The molecule has 0 radical (unpaired) electrons. The van der Waals surface area contributed by atoms with Gasteiger partial charge in [0.1, 0.15) is 18.1 Å². The van der Waals surface area contributed by atoms with Crippen molar-refractivity contribution in [3.8, 4) is 16.9 Å². The average molecular weight is 496 g/mol. The third kappa shape index (κ3) is 5.75. The molecule has 5 aromatic rings. The van der Waals surface area contributed by atoms with E-state index < -0.39 is 0 Å². The second-order valence-electron chi connectivity index (χ2n) is 8.32. The molecule has 0 aliphatic carbocycles. The zero-order chi connectivity index (χ0) is 24.7. The molecule has 2 heterocycles. The van der Waals surface area contributed by atoms with Crippen molar-refractivity contribution in [3.63, 3.8) is 0 Å². The van der Waals surface area contributed by atoms with Crippen molar-refractivity contribution in [2.24, 2.45) is 0 Å². The summed E-state index contributed by atoms with van der Waals surface area (Å²) < 4.78 is 13.4. The standard InChI is InChI=1S/C29H25N3O3S/c1-21-9-15-25(16-10-21)35-19-28-30-31-29(32(28)18-26-8-5-17-34-26)36-20-27(33)24-13-11-23(12-14-24)22-6-3-2-4-7-22/h2-17H,18-20H2,1H3. The van der Waals surface area contributed by atoms with Gasteiger partial charge in [0.25, 0.3) is 0 Å². The number of carbonyl (C=O) groups is 1. The molecule has 3 aromatic carbocycles. The quantitative estimate of drug-likeness (QED) is 0.164. The van der Waals surface area contributed by atoms with Crippen LogP contribution < -0.4 is 4.74 Å². The fraction of sp³-hybridized carbons (Fsp3) is 0.138. The van der Waals surface area contributed by atoms with Gasteiger partial charge in [0.15, 0.2) is 16.8 Å². The molecule has 0 spiro atoms. The number of rotatable bonds is 10. The van der Waals surface area contributed by atoms with Crippen LogP contribution in [0.3, 0.4) is 0 Å². The van der Waals surface area contributed by atoms with Gasteiger partial charge in [-0.15, -0.1) is 10.2 Å². The highest BCUT2D eigenvalue weighted by atomic mass is 32.2. The summed E-state index contributed by atoms with van der Waals surface area (Å²) in [4.78, 5) is 12.9. The number of aryl methyl sites for hydroxylation is 1. The molecular weight excluding hydrogens is 470 g/mol. The average Bonchev–Trinajstić information content (AvgIpc) is 3.58. The summed E-state index contributed by atoms with van der Waals surface area (Å²) in [6.45, 7) is 2.74. The van der Waals surface area contributed by atoms with E-state index in [0.717, 1.165) is 22.6 Å². The van der Waals surface area contributed by atoms with Crippen LogP contribution in [0.15, 0.2) is 107 Å². The Labute approximate surface area is 214 Å². The molecule has 0 unspecified atom stereocenters. The van der Waals surface area contributed by atoms with Crippen molar-refractivity contribution in [2.75, 3.05) is 5.75 Å². The molecule has 0 saturated carbocycles. The second-order valence-corrected chi connectivity index (χ2v) is 9.26. The normalized spacial score (nSPS) is 10.9. The second kappa shape index (κ2) is 11.1. The van der Waals surface area contributed by atoms with Crippen molar-refractivity contribution in [3.05, 3.63) is 120 Å².